The first-order chi connectivity index (χ1) is 16.8. The van der Waals surface area contributed by atoms with Crippen molar-refractivity contribution in [2.75, 3.05) is 6.61 Å². The monoisotopic (exact) mass is 485 g/mol. The van der Waals surface area contributed by atoms with Crippen LogP contribution in [0, 0.1) is 5.92 Å². The van der Waals surface area contributed by atoms with Crippen molar-refractivity contribution in [2.24, 2.45) is 5.92 Å². The minimum atomic E-state index is -5.08. The van der Waals surface area contributed by atoms with Gasteiger partial charge in [-0.3, -0.25) is 0 Å². The van der Waals surface area contributed by atoms with E-state index in [1.54, 1.807) is 6.20 Å². The Hall–Kier alpha value is -4.08. The van der Waals surface area contributed by atoms with Gasteiger partial charge >= 0.3 is 12.1 Å². The summed E-state index contributed by atoms with van der Waals surface area (Å²) in [5, 5.41) is 7.12. The van der Waals surface area contributed by atoms with Crippen molar-refractivity contribution in [2.45, 2.75) is 25.6 Å². The molecule has 4 aromatic rings. The number of benzene rings is 2. The Balaban J connectivity index is 0.000000364. The van der Waals surface area contributed by atoms with Gasteiger partial charge in [0.25, 0.3) is 0 Å². The fraction of sp³-hybridized carbons (Fsp3) is 0.240. The molecule has 10 heteroatoms. The van der Waals surface area contributed by atoms with Gasteiger partial charge in [-0.25, -0.2) is 14.8 Å². The number of nitrogens with one attached hydrogen (secondary N) is 1. The standard InChI is InChI=1S/C23H21N3O2.C2HF3O2/c1-2-5-16(6-3-1)14-27-18-10-11-21(28-15-17-8-9-17)19(13-18)22-25-20-7-4-12-24-23(20)26-22;3-2(4,5)1(6)7/h1-7,10-13,17H,8-9,14-15H2,(H,24,25,26);(H,6,7). The number of nitrogens with zero attached hydrogens (tertiary/aromatic N) is 2. The van der Waals surface area contributed by atoms with Gasteiger partial charge in [-0.1, -0.05) is 30.3 Å². The first kappa shape index (κ1) is 24.1. The molecular weight excluding hydrogens is 463 g/mol. The lowest BCUT2D eigenvalue weighted by Crippen LogP contribution is -2.21. The fourth-order valence-corrected chi connectivity index (χ4v) is 3.12. The lowest BCUT2D eigenvalue weighted by Gasteiger charge is -2.13. The molecule has 0 unspecified atom stereocenters. The van der Waals surface area contributed by atoms with E-state index in [2.05, 4.69) is 27.1 Å². The van der Waals surface area contributed by atoms with Crippen LogP contribution >= 0.6 is 0 Å². The Kier molecular flexibility index (Phi) is 7.19. The molecule has 0 saturated heterocycles. The number of carboxylic acid groups (broad SMARTS) is 1. The van der Waals surface area contributed by atoms with Crippen molar-refractivity contribution in [3.8, 4) is 22.9 Å². The van der Waals surface area contributed by atoms with Crippen LogP contribution in [0.15, 0.2) is 66.9 Å². The third-order valence-corrected chi connectivity index (χ3v) is 5.13. The first-order valence-electron chi connectivity index (χ1n) is 10.8. The van der Waals surface area contributed by atoms with Crippen molar-refractivity contribution in [3.05, 3.63) is 72.4 Å². The van der Waals surface area contributed by atoms with E-state index in [9.17, 15) is 13.2 Å². The number of rotatable bonds is 7. The highest BCUT2D eigenvalue weighted by Crippen LogP contribution is 2.35. The summed E-state index contributed by atoms with van der Waals surface area (Å²) in [4.78, 5) is 21.2. The number of fused-ring (bicyclic) bond motifs is 1. The molecule has 1 saturated carbocycles. The highest BCUT2D eigenvalue weighted by molar-refractivity contribution is 5.78. The maximum Gasteiger partial charge on any atom is 0.490 e. The predicted molar refractivity (Wildman–Crippen MR) is 122 cm³/mol. The molecule has 7 nitrogen and oxygen atoms in total. The number of alkyl halides is 3. The first-order valence-corrected chi connectivity index (χ1v) is 10.8. The molecule has 0 amide bonds. The van der Waals surface area contributed by atoms with Gasteiger partial charge < -0.3 is 19.6 Å². The molecule has 0 spiro atoms. The number of halogens is 3. The van der Waals surface area contributed by atoms with Crippen LogP contribution in [0.2, 0.25) is 0 Å². The summed E-state index contributed by atoms with van der Waals surface area (Å²) in [7, 11) is 0. The van der Waals surface area contributed by atoms with Crippen LogP contribution in [0.25, 0.3) is 22.6 Å². The molecule has 0 bridgehead atoms. The normalized spacial score (nSPS) is 13.1. The number of aromatic nitrogens is 3. The van der Waals surface area contributed by atoms with Gasteiger partial charge in [0.1, 0.15) is 23.9 Å². The Morgan fingerprint density at radius 3 is 2.46 bits per heavy atom. The zero-order valence-electron chi connectivity index (χ0n) is 18.5. The molecule has 2 heterocycles. The summed E-state index contributed by atoms with van der Waals surface area (Å²) < 4.78 is 43.8. The Labute approximate surface area is 198 Å². The number of pyridine rings is 1. The molecule has 1 aliphatic carbocycles. The van der Waals surface area contributed by atoms with Gasteiger partial charge in [0.05, 0.1) is 17.7 Å². The number of aliphatic carboxylic acids is 1. The second-order valence-electron chi connectivity index (χ2n) is 7.95. The summed E-state index contributed by atoms with van der Waals surface area (Å²) in [6.45, 7) is 1.26. The average molecular weight is 485 g/mol. The zero-order chi connectivity index (χ0) is 24.8. The largest absolute Gasteiger partial charge is 0.493 e. The molecule has 2 aromatic carbocycles. The minimum Gasteiger partial charge on any atom is -0.493 e. The van der Waals surface area contributed by atoms with E-state index in [-0.39, 0.29) is 0 Å². The van der Waals surface area contributed by atoms with Crippen molar-refractivity contribution >= 4 is 17.1 Å². The van der Waals surface area contributed by atoms with Gasteiger partial charge in [-0.2, -0.15) is 13.2 Å². The second kappa shape index (κ2) is 10.5. The smallest absolute Gasteiger partial charge is 0.490 e. The molecule has 2 N–H and O–H groups in total. The summed E-state index contributed by atoms with van der Waals surface area (Å²) in [5.41, 5.74) is 3.62. The van der Waals surface area contributed by atoms with Crippen LogP contribution in [-0.2, 0) is 11.4 Å². The number of carboxylic acids is 1. The van der Waals surface area contributed by atoms with Crippen molar-refractivity contribution < 1.29 is 32.5 Å². The molecule has 35 heavy (non-hydrogen) atoms. The van der Waals surface area contributed by atoms with Gasteiger partial charge in [0.15, 0.2) is 5.65 Å². The molecule has 1 aliphatic rings. The summed E-state index contributed by atoms with van der Waals surface area (Å²) in [5.74, 6) is 0.264. The summed E-state index contributed by atoms with van der Waals surface area (Å²) in [6.07, 6.45) is -0.832. The van der Waals surface area contributed by atoms with Crippen LogP contribution in [0.1, 0.15) is 18.4 Å². The highest BCUT2D eigenvalue weighted by atomic mass is 19.4. The number of H-pyrrole nitrogens is 1. The molecule has 0 atom stereocenters. The SMILES string of the molecule is O=C(O)C(F)(F)F.c1ccc(COc2ccc(OCC3CC3)c(-c3nc4ncccc4[nH]3)c2)cc1. The minimum absolute atomic E-state index is 0.518. The third-order valence-electron chi connectivity index (χ3n) is 5.13. The number of hydrogen-bond acceptors (Lipinski definition) is 5. The maximum atomic E-state index is 10.6. The molecule has 1 fully saturated rings. The topological polar surface area (TPSA) is 97.3 Å². The van der Waals surface area contributed by atoms with E-state index in [4.69, 9.17) is 19.4 Å². The molecule has 2 aromatic heterocycles. The fourth-order valence-electron chi connectivity index (χ4n) is 3.12. The van der Waals surface area contributed by atoms with E-state index < -0.39 is 12.1 Å². The van der Waals surface area contributed by atoms with Crippen LogP contribution < -0.4 is 9.47 Å². The number of carbonyl (C=O) groups is 1. The molecule has 5 rings (SSSR count). The third kappa shape index (κ3) is 6.72. The predicted octanol–water partition coefficient (Wildman–Crippen LogP) is 5.63. The van der Waals surface area contributed by atoms with Crippen molar-refractivity contribution in [1.82, 2.24) is 15.0 Å². The molecule has 0 radical (unpaired) electrons. The zero-order valence-corrected chi connectivity index (χ0v) is 18.5. The Morgan fingerprint density at radius 1 is 1.06 bits per heavy atom. The Bertz CT molecular complexity index is 1260. The second-order valence-corrected chi connectivity index (χ2v) is 7.95. The van der Waals surface area contributed by atoms with Crippen molar-refractivity contribution in [1.29, 1.82) is 0 Å². The molecule has 182 valence electrons. The number of hydrogen-bond donors (Lipinski definition) is 2. The van der Waals surface area contributed by atoms with Crippen LogP contribution in [0.4, 0.5) is 13.2 Å². The number of ether oxygens (including phenoxy) is 2. The Morgan fingerprint density at radius 2 is 1.80 bits per heavy atom. The van der Waals surface area contributed by atoms with Gasteiger partial charge in [0, 0.05) is 6.20 Å². The average Bonchev–Trinajstić information content (AvgIpc) is 3.58. The van der Waals surface area contributed by atoms with Gasteiger partial charge in [-0.15, -0.1) is 0 Å². The van der Waals surface area contributed by atoms with E-state index in [1.807, 2.05) is 48.5 Å². The number of aromatic amines is 1. The lowest BCUT2D eigenvalue weighted by atomic mass is 10.1. The van der Waals surface area contributed by atoms with E-state index >= 15 is 0 Å². The van der Waals surface area contributed by atoms with E-state index in [0.29, 0.717) is 18.2 Å². The van der Waals surface area contributed by atoms with Crippen LogP contribution in [0.5, 0.6) is 11.5 Å². The van der Waals surface area contributed by atoms with Gasteiger partial charge in [-0.05, 0) is 54.7 Å². The van der Waals surface area contributed by atoms with E-state index in [0.717, 1.165) is 40.6 Å². The molecular formula is C25H22F3N3O4. The number of imidazole rings is 1. The van der Waals surface area contributed by atoms with Crippen molar-refractivity contribution in [3.63, 3.8) is 0 Å². The van der Waals surface area contributed by atoms with Gasteiger partial charge in [0.2, 0.25) is 0 Å². The maximum absolute atomic E-state index is 10.6. The quantitative estimate of drug-likeness (QED) is 0.352. The van der Waals surface area contributed by atoms with Crippen LogP contribution in [0.3, 0.4) is 0 Å². The summed E-state index contributed by atoms with van der Waals surface area (Å²) in [6, 6.07) is 19.9. The highest BCUT2D eigenvalue weighted by Gasteiger charge is 2.38. The lowest BCUT2D eigenvalue weighted by molar-refractivity contribution is -0.192. The van der Waals surface area contributed by atoms with E-state index in [1.165, 1.54) is 12.8 Å². The van der Waals surface area contributed by atoms with Crippen LogP contribution in [-0.4, -0.2) is 38.8 Å². The molecule has 0 aliphatic heterocycles. The summed E-state index contributed by atoms with van der Waals surface area (Å²) >= 11 is 0.